The maximum atomic E-state index is 14.0. The van der Waals surface area contributed by atoms with Gasteiger partial charge in [0.15, 0.2) is 11.6 Å². The van der Waals surface area contributed by atoms with Crippen molar-refractivity contribution in [1.29, 1.82) is 0 Å². The van der Waals surface area contributed by atoms with Gasteiger partial charge < -0.3 is 41.5 Å². The van der Waals surface area contributed by atoms with Gasteiger partial charge in [-0.3, -0.25) is 19.2 Å². The summed E-state index contributed by atoms with van der Waals surface area (Å²) in [5.74, 6) is -0.346. The summed E-state index contributed by atoms with van der Waals surface area (Å²) in [5, 5.41) is 37.8. The fourth-order valence-corrected chi connectivity index (χ4v) is 9.75. The molecule has 324 valence electrons. The van der Waals surface area contributed by atoms with Gasteiger partial charge in [-0.1, -0.05) is 63.6 Å². The molecule has 4 fully saturated rings. The van der Waals surface area contributed by atoms with E-state index in [9.17, 15) is 29.4 Å². The first-order valence-electron chi connectivity index (χ1n) is 20.9. The molecule has 3 saturated carbocycles. The SMILES string of the molecule is Cc1ncsc1-c1ccc(CNC(=O)[C@@H]2C[C@@H](O)CN2C(=O)[C@@H](NC(=O)CCCCCNC(=O)C23CC(COc4cc(-c5ccccc5O)nnc4N)(C2)C3)C(C)(C)C)cc1. The zero-order chi connectivity index (χ0) is 43.5. The number of carbonyl (C=O) groups is 4. The third-order valence-electron chi connectivity index (χ3n) is 12.2. The highest BCUT2D eigenvalue weighted by Crippen LogP contribution is 2.73. The number of hydrogen-bond donors (Lipinski definition) is 6. The number of nitrogen functional groups attached to an aromatic ring is 1. The average Bonchev–Trinajstić information content (AvgIpc) is 3.81. The highest BCUT2D eigenvalue weighted by Gasteiger charge is 2.71. The molecule has 2 aromatic carbocycles. The van der Waals surface area contributed by atoms with E-state index in [-0.39, 0.29) is 66.1 Å². The van der Waals surface area contributed by atoms with Crippen LogP contribution in [0.2, 0.25) is 0 Å². The van der Waals surface area contributed by atoms with Crippen molar-refractivity contribution in [1.82, 2.24) is 36.0 Å². The van der Waals surface area contributed by atoms with Crippen molar-refractivity contribution in [3.63, 3.8) is 0 Å². The van der Waals surface area contributed by atoms with Gasteiger partial charge in [0.05, 0.1) is 34.2 Å². The molecule has 1 saturated heterocycles. The molecule has 2 bridgehead atoms. The molecule has 0 radical (unpaired) electrons. The standard InChI is InChI=1S/C45H56N8O7S/c1-27-37(61-26-49-27)29-15-13-28(14-16-29)20-48-40(57)33-18-30(54)21-53(33)41(58)38(43(2,3)4)50-36(56)12-6-5-9-17-47-42(59)45-22-44(23-45,24-45)25-60-35-19-32(51-52-39(35)46)31-10-7-8-11-34(31)55/h7-8,10-11,13-16,19,26,30,33,38,54-55H,5-6,9,12,17-18,20-25H2,1-4H3,(H2,46,52)(H,47,59)(H,48,57)(H,50,56)/t30-,33+,38-,44?,45?/m1/s1. The normalized spacial score (nSPS) is 22.1. The molecule has 8 rings (SSSR count). The number of amides is 4. The van der Waals surface area contributed by atoms with E-state index in [0.717, 1.165) is 41.0 Å². The summed E-state index contributed by atoms with van der Waals surface area (Å²) >= 11 is 1.57. The Morgan fingerprint density at radius 2 is 1.75 bits per heavy atom. The number of unbranched alkanes of at least 4 members (excludes halogenated alkanes) is 2. The molecule has 15 nitrogen and oxygen atoms in total. The Labute approximate surface area is 359 Å². The first-order valence-corrected chi connectivity index (χ1v) is 21.8. The van der Waals surface area contributed by atoms with Crippen LogP contribution in [0, 0.1) is 23.2 Å². The van der Waals surface area contributed by atoms with Crippen LogP contribution in [0.1, 0.15) is 83.4 Å². The molecule has 4 amide bonds. The second kappa shape index (κ2) is 17.8. The molecule has 4 aromatic rings. The van der Waals surface area contributed by atoms with Crippen LogP contribution in [0.15, 0.2) is 60.1 Å². The number of nitrogens with two attached hydrogens (primary N) is 1. The van der Waals surface area contributed by atoms with E-state index in [0.29, 0.717) is 49.4 Å². The number of nitrogens with one attached hydrogen (secondary N) is 3. The number of anilines is 1. The summed E-state index contributed by atoms with van der Waals surface area (Å²) in [5.41, 5.74) is 10.6. The fraction of sp³-hybridized carbons (Fsp3) is 0.489. The Morgan fingerprint density at radius 1 is 1.02 bits per heavy atom. The van der Waals surface area contributed by atoms with Gasteiger partial charge in [0, 0.05) is 49.5 Å². The monoisotopic (exact) mass is 852 g/mol. The Kier molecular flexibility index (Phi) is 12.7. The summed E-state index contributed by atoms with van der Waals surface area (Å²) in [4.78, 5) is 60.5. The van der Waals surface area contributed by atoms with Gasteiger partial charge >= 0.3 is 0 Å². The maximum Gasteiger partial charge on any atom is 0.246 e. The molecule has 3 atom stereocenters. The van der Waals surface area contributed by atoms with E-state index in [1.165, 1.54) is 4.90 Å². The largest absolute Gasteiger partial charge is 0.507 e. The molecule has 7 N–H and O–H groups in total. The minimum Gasteiger partial charge on any atom is -0.507 e. The number of aliphatic hydroxyl groups excluding tert-OH is 1. The van der Waals surface area contributed by atoms with Crippen molar-refractivity contribution in [3.8, 4) is 33.2 Å². The number of hydrogen-bond acceptors (Lipinski definition) is 12. The number of ether oxygens (including phenoxy) is 1. The lowest BCUT2D eigenvalue weighted by atomic mass is 9.35. The van der Waals surface area contributed by atoms with E-state index in [1.54, 1.807) is 41.7 Å². The number of aryl methyl sites for hydroxylation is 1. The van der Waals surface area contributed by atoms with Gasteiger partial charge in [0.1, 0.15) is 23.5 Å². The van der Waals surface area contributed by atoms with Crippen LogP contribution in [-0.2, 0) is 25.7 Å². The summed E-state index contributed by atoms with van der Waals surface area (Å²) in [6, 6.07) is 14.6. The van der Waals surface area contributed by atoms with Gasteiger partial charge in [-0.15, -0.1) is 21.5 Å². The minimum atomic E-state index is -0.899. The Hall–Kier alpha value is -5.61. The number of rotatable bonds is 17. The number of aliphatic hydroxyl groups is 1. The molecule has 2 aromatic heterocycles. The number of para-hydroxylation sites is 1. The van der Waals surface area contributed by atoms with Crippen LogP contribution in [0.5, 0.6) is 11.5 Å². The molecular weight excluding hydrogens is 797 g/mol. The van der Waals surface area contributed by atoms with Gasteiger partial charge in [-0.2, -0.15) is 0 Å². The van der Waals surface area contributed by atoms with E-state index in [1.807, 2.05) is 57.5 Å². The molecule has 16 heteroatoms. The lowest BCUT2D eigenvalue weighted by Gasteiger charge is -2.68. The number of carbonyl (C=O) groups excluding carboxylic acids is 4. The predicted octanol–water partition coefficient (Wildman–Crippen LogP) is 4.90. The first kappa shape index (κ1) is 43.5. The number of phenols is 1. The maximum absolute atomic E-state index is 14.0. The third-order valence-corrected chi connectivity index (χ3v) is 13.2. The van der Waals surface area contributed by atoms with E-state index in [2.05, 4.69) is 31.1 Å². The number of phenolic OH excluding ortho intramolecular Hbond substituents is 1. The van der Waals surface area contributed by atoms with Gasteiger partial charge in [0.25, 0.3) is 0 Å². The zero-order valence-corrected chi connectivity index (χ0v) is 36.0. The van der Waals surface area contributed by atoms with E-state index < -0.39 is 29.5 Å². The Bertz CT molecular complexity index is 2240. The highest BCUT2D eigenvalue weighted by molar-refractivity contribution is 7.13. The Morgan fingerprint density at radius 3 is 2.44 bits per heavy atom. The van der Waals surface area contributed by atoms with Crippen molar-refractivity contribution in [2.75, 3.05) is 25.4 Å². The van der Waals surface area contributed by atoms with Crippen molar-refractivity contribution < 1.29 is 34.1 Å². The fourth-order valence-electron chi connectivity index (χ4n) is 8.93. The second-order valence-corrected chi connectivity index (χ2v) is 19.0. The summed E-state index contributed by atoms with van der Waals surface area (Å²) < 4.78 is 6.07. The number of benzene rings is 2. The molecule has 1 aliphatic heterocycles. The summed E-state index contributed by atoms with van der Waals surface area (Å²) in [7, 11) is 0. The number of aromatic nitrogens is 3. The van der Waals surface area contributed by atoms with Crippen LogP contribution in [0.3, 0.4) is 0 Å². The highest BCUT2D eigenvalue weighted by atomic mass is 32.1. The number of thiazole rings is 1. The van der Waals surface area contributed by atoms with Crippen molar-refractivity contribution in [2.24, 2.45) is 16.2 Å². The number of nitrogens with zero attached hydrogens (tertiary/aromatic N) is 4. The lowest BCUT2D eigenvalue weighted by molar-refractivity contribution is -0.217. The first-order chi connectivity index (χ1) is 29.1. The molecule has 61 heavy (non-hydrogen) atoms. The predicted molar refractivity (Wildman–Crippen MR) is 231 cm³/mol. The van der Waals surface area contributed by atoms with Gasteiger partial charge in [-0.25, -0.2) is 4.98 Å². The molecule has 3 aliphatic carbocycles. The topological polar surface area (TPSA) is 222 Å². The van der Waals surface area contributed by atoms with Crippen LogP contribution in [0.4, 0.5) is 5.82 Å². The van der Waals surface area contributed by atoms with Crippen molar-refractivity contribution in [2.45, 2.75) is 104 Å². The Balaban J connectivity index is 0.809. The lowest BCUT2D eigenvalue weighted by Crippen LogP contribution is -2.69. The zero-order valence-electron chi connectivity index (χ0n) is 35.2. The molecular formula is C45H56N8O7S. The van der Waals surface area contributed by atoms with Crippen molar-refractivity contribution in [3.05, 3.63) is 71.4 Å². The molecule has 4 aliphatic rings. The van der Waals surface area contributed by atoms with Crippen LogP contribution in [-0.4, -0.2) is 91.8 Å². The van der Waals surface area contributed by atoms with Crippen molar-refractivity contribution >= 4 is 40.8 Å². The summed E-state index contributed by atoms with van der Waals surface area (Å²) in [6.45, 7) is 8.73. The van der Waals surface area contributed by atoms with Crippen LogP contribution in [0.25, 0.3) is 21.7 Å². The smallest absolute Gasteiger partial charge is 0.246 e. The average molecular weight is 853 g/mol. The van der Waals surface area contributed by atoms with Gasteiger partial charge in [-0.05, 0) is 67.7 Å². The van der Waals surface area contributed by atoms with Gasteiger partial charge in [0.2, 0.25) is 23.6 Å². The molecule has 3 heterocycles. The summed E-state index contributed by atoms with van der Waals surface area (Å²) in [6.07, 6.45) is 3.66. The quantitative estimate of drug-likeness (QED) is 0.0785. The number of likely N-dealkylation sites (tertiary alicyclic amines) is 1. The van der Waals surface area contributed by atoms with E-state index >= 15 is 0 Å². The number of β-amino-alcohol motifs (C(OH)–C–C–N with tert-alkyl or cyclic N) is 1. The molecule has 0 unspecified atom stereocenters. The number of aromatic hydroxyl groups is 1. The van der Waals surface area contributed by atoms with Crippen LogP contribution >= 0.6 is 11.3 Å². The second-order valence-electron chi connectivity index (χ2n) is 18.1. The van der Waals surface area contributed by atoms with E-state index in [4.69, 9.17) is 10.5 Å². The van der Waals surface area contributed by atoms with Crippen LogP contribution < -0.4 is 26.4 Å². The minimum absolute atomic E-state index is 0.00515. The third kappa shape index (κ3) is 9.65. The molecule has 0 spiro atoms.